The summed E-state index contributed by atoms with van der Waals surface area (Å²) in [6.07, 6.45) is 1.38. The lowest BCUT2D eigenvalue weighted by atomic mass is 10.1. The number of ether oxygens (including phenoxy) is 1. The van der Waals surface area contributed by atoms with Crippen molar-refractivity contribution in [1.82, 2.24) is 15.0 Å². The van der Waals surface area contributed by atoms with Crippen molar-refractivity contribution in [3.8, 4) is 0 Å². The Hall–Kier alpha value is -1.95. The maximum atomic E-state index is 13.8. The van der Waals surface area contributed by atoms with Gasteiger partial charge in [-0.1, -0.05) is 36.2 Å². The van der Waals surface area contributed by atoms with Gasteiger partial charge >= 0.3 is 5.97 Å². The van der Waals surface area contributed by atoms with Gasteiger partial charge in [-0.15, -0.1) is 5.10 Å². The van der Waals surface area contributed by atoms with Gasteiger partial charge in [-0.05, 0) is 18.6 Å². The van der Waals surface area contributed by atoms with Gasteiger partial charge in [0.05, 0.1) is 19.3 Å². The lowest BCUT2D eigenvalue weighted by Crippen LogP contribution is -2.11. The van der Waals surface area contributed by atoms with Gasteiger partial charge in [0.15, 0.2) is 5.69 Å². The van der Waals surface area contributed by atoms with Gasteiger partial charge in [0, 0.05) is 10.6 Å². The van der Waals surface area contributed by atoms with E-state index in [1.54, 1.807) is 6.07 Å². The summed E-state index contributed by atoms with van der Waals surface area (Å²) in [6.45, 7) is 2.08. The predicted molar refractivity (Wildman–Crippen MR) is 75.9 cm³/mol. The van der Waals surface area contributed by atoms with Crippen LogP contribution in [0.3, 0.4) is 0 Å². The van der Waals surface area contributed by atoms with Gasteiger partial charge in [0.1, 0.15) is 5.82 Å². The van der Waals surface area contributed by atoms with Crippen LogP contribution in [0.15, 0.2) is 18.2 Å². The van der Waals surface area contributed by atoms with E-state index in [-0.39, 0.29) is 12.2 Å². The molecule has 0 aliphatic carbocycles. The zero-order valence-electron chi connectivity index (χ0n) is 11.8. The van der Waals surface area contributed by atoms with Crippen LogP contribution in [0.5, 0.6) is 0 Å². The number of methoxy groups -OCH3 is 1. The average Bonchev–Trinajstić information content (AvgIpc) is 2.86. The summed E-state index contributed by atoms with van der Waals surface area (Å²) in [6, 6.07) is 4.48. The Morgan fingerprint density at radius 3 is 2.86 bits per heavy atom. The Kier molecular flexibility index (Phi) is 4.90. The van der Waals surface area contributed by atoms with Gasteiger partial charge in [-0.25, -0.2) is 13.9 Å². The van der Waals surface area contributed by atoms with Crippen LogP contribution in [0.2, 0.25) is 5.02 Å². The standard InChI is InChI=1S/C14H15ClFN3O2/c1-3-5-12-13(14(20)21-2)17-18-19(12)8-9-10(15)6-4-7-11(9)16/h4,6-7H,3,5,8H2,1-2H3. The number of esters is 1. The zero-order chi connectivity index (χ0) is 15.4. The van der Waals surface area contributed by atoms with Crippen molar-refractivity contribution in [1.29, 1.82) is 0 Å². The summed E-state index contributed by atoms with van der Waals surface area (Å²) in [5, 5.41) is 8.07. The van der Waals surface area contributed by atoms with Crippen molar-refractivity contribution in [2.45, 2.75) is 26.3 Å². The number of halogens is 2. The zero-order valence-corrected chi connectivity index (χ0v) is 12.5. The van der Waals surface area contributed by atoms with Crippen LogP contribution >= 0.6 is 11.6 Å². The molecule has 0 fully saturated rings. The summed E-state index contributed by atoms with van der Waals surface area (Å²) in [5.74, 6) is -0.968. The molecule has 2 aromatic rings. The molecule has 1 aromatic carbocycles. The van der Waals surface area contributed by atoms with E-state index in [1.165, 1.54) is 23.9 Å². The molecule has 0 bridgehead atoms. The molecule has 1 heterocycles. The molecule has 5 nitrogen and oxygen atoms in total. The second-order valence-electron chi connectivity index (χ2n) is 4.48. The molecule has 0 saturated carbocycles. The number of nitrogens with zero attached hydrogens (tertiary/aromatic N) is 3. The minimum atomic E-state index is -0.552. The Morgan fingerprint density at radius 2 is 2.24 bits per heavy atom. The van der Waals surface area contributed by atoms with Crippen molar-refractivity contribution in [3.05, 3.63) is 46.0 Å². The molecular weight excluding hydrogens is 297 g/mol. The normalized spacial score (nSPS) is 10.7. The quantitative estimate of drug-likeness (QED) is 0.797. The van der Waals surface area contributed by atoms with Gasteiger partial charge in [0.2, 0.25) is 0 Å². The molecule has 21 heavy (non-hydrogen) atoms. The molecule has 112 valence electrons. The first-order valence-corrected chi connectivity index (χ1v) is 6.89. The summed E-state index contributed by atoms with van der Waals surface area (Å²) < 4.78 is 20.0. The first kappa shape index (κ1) is 15.4. The van der Waals surface area contributed by atoms with E-state index in [4.69, 9.17) is 11.6 Å². The van der Waals surface area contributed by atoms with Crippen molar-refractivity contribution in [2.75, 3.05) is 7.11 Å². The molecule has 0 aliphatic rings. The number of carbonyl (C=O) groups excluding carboxylic acids is 1. The SMILES string of the molecule is CCCc1c(C(=O)OC)nnn1Cc1c(F)cccc1Cl. The molecule has 0 N–H and O–H groups in total. The third kappa shape index (κ3) is 3.21. The maximum Gasteiger partial charge on any atom is 0.360 e. The van der Waals surface area contributed by atoms with Crippen molar-refractivity contribution in [2.24, 2.45) is 0 Å². The molecule has 0 atom stereocenters. The van der Waals surface area contributed by atoms with E-state index >= 15 is 0 Å². The van der Waals surface area contributed by atoms with E-state index in [2.05, 4.69) is 15.0 Å². The molecule has 1 aromatic heterocycles. The molecule has 0 amide bonds. The highest BCUT2D eigenvalue weighted by atomic mass is 35.5. The van der Waals surface area contributed by atoms with Gasteiger partial charge in [-0.3, -0.25) is 0 Å². The number of rotatable bonds is 5. The van der Waals surface area contributed by atoms with Crippen LogP contribution in [0.1, 0.15) is 35.1 Å². The first-order valence-electron chi connectivity index (χ1n) is 6.52. The summed E-state index contributed by atoms with van der Waals surface area (Å²) in [5.41, 5.74) is 1.09. The summed E-state index contributed by atoms with van der Waals surface area (Å²) in [4.78, 5) is 11.7. The molecule has 0 spiro atoms. The van der Waals surface area contributed by atoms with E-state index in [1.807, 2.05) is 6.92 Å². The summed E-state index contributed by atoms with van der Waals surface area (Å²) in [7, 11) is 1.28. The van der Waals surface area contributed by atoms with Crippen LogP contribution < -0.4 is 0 Å². The van der Waals surface area contributed by atoms with E-state index in [0.29, 0.717) is 22.7 Å². The number of hydrogen-bond donors (Lipinski definition) is 0. The van der Waals surface area contributed by atoms with Crippen molar-refractivity contribution < 1.29 is 13.9 Å². The minimum absolute atomic E-state index is 0.116. The molecule has 2 rings (SSSR count). The monoisotopic (exact) mass is 311 g/mol. The fourth-order valence-electron chi connectivity index (χ4n) is 2.03. The molecule has 7 heteroatoms. The largest absolute Gasteiger partial charge is 0.464 e. The third-order valence-electron chi connectivity index (χ3n) is 3.07. The Balaban J connectivity index is 2.40. The van der Waals surface area contributed by atoms with Crippen molar-refractivity contribution >= 4 is 17.6 Å². The van der Waals surface area contributed by atoms with Crippen LogP contribution in [-0.2, 0) is 17.7 Å². The second-order valence-corrected chi connectivity index (χ2v) is 4.89. The lowest BCUT2D eigenvalue weighted by molar-refractivity contribution is 0.0592. The Labute approximate surface area is 126 Å². The van der Waals surface area contributed by atoms with E-state index in [0.717, 1.165) is 6.42 Å². The molecule has 0 saturated heterocycles. The van der Waals surface area contributed by atoms with Crippen LogP contribution in [-0.4, -0.2) is 28.1 Å². The van der Waals surface area contributed by atoms with E-state index in [9.17, 15) is 9.18 Å². The predicted octanol–water partition coefficient (Wildman–Crippen LogP) is 2.86. The smallest absolute Gasteiger partial charge is 0.360 e. The minimum Gasteiger partial charge on any atom is -0.464 e. The fourth-order valence-corrected chi connectivity index (χ4v) is 2.26. The maximum absolute atomic E-state index is 13.8. The number of aromatic nitrogens is 3. The highest BCUT2D eigenvalue weighted by Gasteiger charge is 2.20. The average molecular weight is 312 g/mol. The number of hydrogen-bond acceptors (Lipinski definition) is 4. The molecule has 0 radical (unpaired) electrons. The van der Waals surface area contributed by atoms with Crippen LogP contribution in [0.4, 0.5) is 4.39 Å². The van der Waals surface area contributed by atoms with Crippen LogP contribution in [0, 0.1) is 5.82 Å². The van der Waals surface area contributed by atoms with Gasteiger partial charge in [-0.2, -0.15) is 0 Å². The number of carbonyl (C=O) groups is 1. The lowest BCUT2D eigenvalue weighted by Gasteiger charge is -2.09. The Bertz CT molecular complexity index is 637. The highest BCUT2D eigenvalue weighted by Crippen LogP contribution is 2.21. The third-order valence-corrected chi connectivity index (χ3v) is 3.43. The van der Waals surface area contributed by atoms with Gasteiger partial charge < -0.3 is 4.74 Å². The summed E-state index contributed by atoms with van der Waals surface area (Å²) >= 11 is 6.01. The molecular formula is C14H15ClFN3O2. The Morgan fingerprint density at radius 1 is 1.48 bits per heavy atom. The first-order chi connectivity index (χ1) is 10.1. The topological polar surface area (TPSA) is 57.0 Å². The molecule has 0 unspecified atom stereocenters. The van der Waals surface area contributed by atoms with Gasteiger partial charge in [0.25, 0.3) is 0 Å². The molecule has 0 aliphatic heterocycles. The van der Waals surface area contributed by atoms with Crippen LogP contribution in [0.25, 0.3) is 0 Å². The highest BCUT2D eigenvalue weighted by molar-refractivity contribution is 6.31. The number of benzene rings is 1. The second kappa shape index (κ2) is 6.67. The van der Waals surface area contributed by atoms with E-state index < -0.39 is 11.8 Å². The fraction of sp³-hybridized carbons (Fsp3) is 0.357. The van der Waals surface area contributed by atoms with Crippen molar-refractivity contribution in [3.63, 3.8) is 0 Å².